The Morgan fingerprint density at radius 3 is 2.41 bits per heavy atom. The van der Waals surface area contributed by atoms with Gasteiger partial charge in [0.15, 0.2) is 6.61 Å². The van der Waals surface area contributed by atoms with Crippen LogP contribution in [0.2, 0.25) is 0 Å². The maximum Gasteiger partial charge on any atom is 0.260 e. The molecular formula is C21H26N2O4. The molecule has 0 atom stereocenters. The number of benzene rings is 1. The summed E-state index contributed by atoms with van der Waals surface area (Å²) in [6, 6.07) is 11.1. The van der Waals surface area contributed by atoms with Crippen molar-refractivity contribution >= 4 is 5.91 Å². The molecule has 2 heterocycles. The Hall–Kier alpha value is -2.76. The van der Waals surface area contributed by atoms with Crippen molar-refractivity contribution in [3.05, 3.63) is 58.0 Å². The molecule has 0 aliphatic carbocycles. The fourth-order valence-electron chi connectivity index (χ4n) is 2.90. The monoisotopic (exact) mass is 370 g/mol. The number of hydrogen-bond acceptors (Lipinski definition) is 4. The van der Waals surface area contributed by atoms with Crippen LogP contribution in [-0.4, -0.2) is 41.2 Å². The predicted octanol–water partition coefficient (Wildman–Crippen LogP) is 2.49. The zero-order valence-electron chi connectivity index (χ0n) is 16.3. The van der Waals surface area contributed by atoms with Crippen LogP contribution in [0.25, 0.3) is 0 Å². The lowest BCUT2D eigenvalue weighted by Gasteiger charge is -2.38. The molecule has 1 aromatic heterocycles. The van der Waals surface area contributed by atoms with Crippen LogP contribution in [-0.2, 0) is 11.8 Å². The first-order valence-corrected chi connectivity index (χ1v) is 9.18. The van der Waals surface area contributed by atoms with Crippen molar-refractivity contribution in [3.8, 4) is 11.5 Å². The summed E-state index contributed by atoms with van der Waals surface area (Å²) in [4.78, 5) is 25.7. The van der Waals surface area contributed by atoms with Crippen LogP contribution >= 0.6 is 0 Å². The quantitative estimate of drug-likeness (QED) is 0.784. The Kier molecular flexibility index (Phi) is 5.54. The van der Waals surface area contributed by atoms with Crippen molar-refractivity contribution in [1.82, 2.24) is 9.47 Å². The van der Waals surface area contributed by atoms with E-state index >= 15 is 0 Å². The van der Waals surface area contributed by atoms with E-state index in [1.165, 1.54) is 11.6 Å². The van der Waals surface area contributed by atoms with Crippen molar-refractivity contribution in [3.63, 3.8) is 0 Å². The fourth-order valence-corrected chi connectivity index (χ4v) is 2.90. The number of carbonyl (C=O) groups excluding carboxylic acids is 1. The van der Waals surface area contributed by atoms with Crippen molar-refractivity contribution < 1.29 is 14.3 Å². The number of pyridine rings is 1. The summed E-state index contributed by atoms with van der Waals surface area (Å²) in [5, 5.41) is 0. The van der Waals surface area contributed by atoms with Gasteiger partial charge in [-0.05, 0) is 36.6 Å². The van der Waals surface area contributed by atoms with Crippen LogP contribution in [0.15, 0.2) is 41.2 Å². The zero-order chi connectivity index (χ0) is 19.6. The Morgan fingerprint density at radius 2 is 1.81 bits per heavy atom. The molecule has 27 heavy (non-hydrogen) atoms. The maximum absolute atomic E-state index is 12.2. The number of aromatic nitrogens is 1. The molecule has 2 aromatic rings. The number of amides is 1. The van der Waals surface area contributed by atoms with Gasteiger partial charge in [-0.1, -0.05) is 26.0 Å². The zero-order valence-corrected chi connectivity index (χ0v) is 16.3. The molecule has 1 aliphatic rings. The number of carbonyl (C=O) groups is 1. The standard InChI is InChI=1S/C21H26N2O4/c1-14(2)16-5-7-17(8-6-16)26-13-21(25)23-11-19(12-23)27-18-9-15(3)22(4)20(24)10-18/h5-10,14,19H,11-13H2,1-4H3. The lowest BCUT2D eigenvalue weighted by Crippen LogP contribution is -2.57. The second-order valence-electron chi connectivity index (χ2n) is 7.28. The number of hydrogen-bond donors (Lipinski definition) is 0. The number of aryl methyl sites for hydroxylation is 1. The molecule has 1 fully saturated rings. The van der Waals surface area contributed by atoms with Crippen LogP contribution in [0.1, 0.15) is 31.0 Å². The summed E-state index contributed by atoms with van der Waals surface area (Å²) in [5.41, 5.74) is 1.97. The van der Waals surface area contributed by atoms with E-state index in [-0.39, 0.29) is 24.2 Å². The molecule has 0 saturated carbocycles. The van der Waals surface area contributed by atoms with Gasteiger partial charge >= 0.3 is 0 Å². The minimum atomic E-state index is -0.103. The molecule has 3 rings (SSSR count). The molecule has 6 nitrogen and oxygen atoms in total. The minimum Gasteiger partial charge on any atom is -0.486 e. The van der Waals surface area contributed by atoms with Crippen LogP contribution in [0.4, 0.5) is 0 Å². The highest BCUT2D eigenvalue weighted by molar-refractivity contribution is 5.78. The molecular weight excluding hydrogens is 344 g/mol. The molecule has 0 radical (unpaired) electrons. The first kappa shape index (κ1) is 19.0. The summed E-state index contributed by atoms with van der Waals surface area (Å²) in [5.74, 6) is 1.64. The first-order chi connectivity index (χ1) is 12.8. The summed E-state index contributed by atoms with van der Waals surface area (Å²) in [7, 11) is 1.72. The van der Waals surface area contributed by atoms with Gasteiger partial charge in [-0.3, -0.25) is 9.59 Å². The third-order valence-electron chi connectivity index (χ3n) is 4.89. The van der Waals surface area contributed by atoms with Gasteiger partial charge in [-0.2, -0.15) is 0 Å². The molecule has 144 valence electrons. The van der Waals surface area contributed by atoms with Gasteiger partial charge in [0, 0.05) is 18.8 Å². The summed E-state index contributed by atoms with van der Waals surface area (Å²) in [6.45, 7) is 7.15. The normalized spacial score (nSPS) is 14.2. The van der Waals surface area contributed by atoms with Gasteiger partial charge in [-0.15, -0.1) is 0 Å². The summed E-state index contributed by atoms with van der Waals surface area (Å²) < 4.78 is 12.9. The summed E-state index contributed by atoms with van der Waals surface area (Å²) in [6.07, 6.45) is -0.0919. The molecule has 1 aromatic carbocycles. The highest BCUT2D eigenvalue weighted by Crippen LogP contribution is 2.20. The first-order valence-electron chi connectivity index (χ1n) is 9.18. The van der Waals surface area contributed by atoms with Crippen LogP contribution in [0.3, 0.4) is 0 Å². The van der Waals surface area contributed by atoms with Crippen molar-refractivity contribution in [2.75, 3.05) is 19.7 Å². The molecule has 0 N–H and O–H groups in total. The van der Waals surface area contributed by atoms with Crippen LogP contribution < -0.4 is 15.0 Å². The largest absolute Gasteiger partial charge is 0.486 e. The molecule has 0 unspecified atom stereocenters. The van der Waals surface area contributed by atoms with Crippen molar-refractivity contribution in [2.45, 2.75) is 32.8 Å². The highest BCUT2D eigenvalue weighted by Gasteiger charge is 2.32. The molecule has 0 spiro atoms. The van der Waals surface area contributed by atoms with E-state index in [4.69, 9.17) is 9.47 Å². The van der Waals surface area contributed by atoms with Crippen molar-refractivity contribution in [1.29, 1.82) is 0 Å². The Labute approximate surface area is 159 Å². The molecule has 1 saturated heterocycles. The molecule has 0 bridgehead atoms. The van der Waals surface area contributed by atoms with Crippen molar-refractivity contribution in [2.24, 2.45) is 7.05 Å². The van der Waals surface area contributed by atoms with E-state index in [9.17, 15) is 9.59 Å². The second-order valence-corrected chi connectivity index (χ2v) is 7.28. The van der Waals surface area contributed by atoms with Gasteiger partial charge in [0.05, 0.1) is 13.1 Å². The van der Waals surface area contributed by atoms with Crippen LogP contribution in [0.5, 0.6) is 11.5 Å². The average Bonchev–Trinajstić information content (AvgIpc) is 2.60. The fraction of sp³-hybridized carbons (Fsp3) is 0.429. The topological polar surface area (TPSA) is 60.8 Å². The number of nitrogens with zero attached hydrogens (tertiary/aromatic N) is 2. The van der Waals surface area contributed by atoms with Gasteiger partial charge in [-0.25, -0.2) is 0 Å². The van der Waals surface area contributed by atoms with Gasteiger partial charge in [0.25, 0.3) is 11.5 Å². The average molecular weight is 370 g/mol. The number of ether oxygens (including phenoxy) is 2. The molecule has 1 amide bonds. The third kappa shape index (κ3) is 4.51. The van der Waals surface area contributed by atoms with E-state index < -0.39 is 0 Å². The lowest BCUT2D eigenvalue weighted by atomic mass is 10.0. The predicted molar refractivity (Wildman–Crippen MR) is 103 cm³/mol. The Balaban J connectivity index is 1.45. The van der Waals surface area contributed by atoms with E-state index in [1.54, 1.807) is 16.5 Å². The highest BCUT2D eigenvalue weighted by atomic mass is 16.5. The number of rotatable bonds is 6. The smallest absolute Gasteiger partial charge is 0.260 e. The molecule has 6 heteroatoms. The van der Waals surface area contributed by atoms with E-state index in [0.29, 0.717) is 30.5 Å². The number of likely N-dealkylation sites (tertiary alicyclic amines) is 1. The minimum absolute atomic E-state index is 0.0126. The Morgan fingerprint density at radius 1 is 1.15 bits per heavy atom. The van der Waals surface area contributed by atoms with Gasteiger partial charge in [0.1, 0.15) is 17.6 Å². The lowest BCUT2D eigenvalue weighted by molar-refractivity contribution is -0.142. The maximum atomic E-state index is 12.2. The van der Waals surface area contributed by atoms with Gasteiger partial charge in [0.2, 0.25) is 0 Å². The van der Waals surface area contributed by atoms with Crippen LogP contribution in [0, 0.1) is 6.92 Å². The summed E-state index contributed by atoms with van der Waals surface area (Å²) >= 11 is 0. The van der Waals surface area contributed by atoms with Gasteiger partial charge < -0.3 is 18.9 Å². The third-order valence-corrected chi connectivity index (χ3v) is 4.89. The van der Waals surface area contributed by atoms with E-state index in [2.05, 4.69) is 13.8 Å². The van der Waals surface area contributed by atoms with E-state index in [1.807, 2.05) is 37.3 Å². The Bertz CT molecular complexity index is 865. The van der Waals surface area contributed by atoms with E-state index in [0.717, 1.165) is 5.69 Å². The SMILES string of the molecule is Cc1cc(OC2CN(C(=O)COc3ccc(C(C)C)cc3)C2)cc(=O)n1C. The molecule has 1 aliphatic heterocycles. The second kappa shape index (κ2) is 7.86.